The molecule has 1 aliphatic rings. The summed E-state index contributed by atoms with van der Waals surface area (Å²) in [5.41, 5.74) is 5.51. The number of hydrogen-bond donors (Lipinski definition) is 2. The van der Waals surface area contributed by atoms with E-state index in [1.54, 1.807) is 19.1 Å². The molecule has 3 N–H and O–H groups in total. The number of nitrogen functional groups attached to an aromatic ring is 1. The van der Waals surface area contributed by atoms with E-state index >= 15 is 0 Å². The molecule has 0 saturated heterocycles. The van der Waals surface area contributed by atoms with Crippen molar-refractivity contribution in [3.05, 3.63) is 35.6 Å². The van der Waals surface area contributed by atoms with Crippen molar-refractivity contribution < 1.29 is 9.50 Å². The third kappa shape index (κ3) is 2.60. The summed E-state index contributed by atoms with van der Waals surface area (Å²) >= 11 is 0. The van der Waals surface area contributed by atoms with Gasteiger partial charge in [-0.25, -0.2) is 14.4 Å². The van der Waals surface area contributed by atoms with Crippen molar-refractivity contribution >= 4 is 18.2 Å². The lowest BCUT2D eigenvalue weighted by molar-refractivity contribution is 0.00181. The van der Waals surface area contributed by atoms with Crippen LogP contribution in [0.1, 0.15) is 31.9 Å². The Balaban J connectivity index is 2.42. The van der Waals surface area contributed by atoms with E-state index in [9.17, 15) is 9.50 Å². The first-order chi connectivity index (χ1) is 9.50. The summed E-state index contributed by atoms with van der Waals surface area (Å²) in [7, 11) is 0. The molecule has 0 bridgehead atoms. The van der Waals surface area contributed by atoms with Crippen molar-refractivity contribution in [3.63, 3.8) is 0 Å². The zero-order chi connectivity index (χ0) is 14.8. The fourth-order valence-corrected chi connectivity index (χ4v) is 2.11. The summed E-state index contributed by atoms with van der Waals surface area (Å²) in [5, 5.41) is 10.3. The number of nitrogens with two attached hydrogens (primary N) is 1. The second kappa shape index (κ2) is 5.50. The van der Waals surface area contributed by atoms with E-state index in [0.29, 0.717) is 24.1 Å². The van der Waals surface area contributed by atoms with Gasteiger partial charge in [-0.1, -0.05) is 6.08 Å². The molecule has 1 aromatic heterocycles. The van der Waals surface area contributed by atoms with Crippen molar-refractivity contribution in [1.29, 1.82) is 0 Å². The molecule has 0 unspecified atom stereocenters. The Labute approximate surface area is 116 Å². The van der Waals surface area contributed by atoms with Crippen LogP contribution in [0.3, 0.4) is 0 Å². The molecule has 106 valence electrons. The number of aliphatic hydroxyl groups is 1. The van der Waals surface area contributed by atoms with Gasteiger partial charge in [0.2, 0.25) is 5.95 Å². The van der Waals surface area contributed by atoms with Gasteiger partial charge in [-0.3, -0.25) is 4.99 Å². The number of aliphatic imine (C=N–C) groups is 1. The minimum Gasteiger partial charge on any atom is -0.384 e. The number of aromatic nitrogens is 2. The summed E-state index contributed by atoms with van der Waals surface area (Å²) in [6.45, 7) is 5.22. The molecule has 0 radical (unpaired) electrons. The van der Waals surface area contributed by atoms with Gasteiger partial charge in [-0.2, -0.15) is 0 Å². The molecule has 2 rings (SSSR count). The molecule has 1 aliphatic carbocycles. The van der Waals surface area contributed by atoms with E-state index in [1.807, 2.05) is 0 Å². The third-order valence-corrected chi connectivity index (χ3v) is 3.47. The van der Waals surface area contributed by atoms with E-state index in [2.05, 4.69) is 21.7 Å². The van der Waals surface area contributed by atoms with E-state index in [4.69, 9.17) is 5.73 Å². The number of nitrogens with zero attached hydrogens (tertiary/aromatic N) is 3. The van der Waals surface area contributed by atoms with Gasteiger partial charge in [0.25, 0.3) is 0 Å². The predicted molar refractivity (Wildman–Crippen MR) is 76.5 cm³/mol. The Morgan fingerprint density at radius 1 is 1.60 bits per heavy atom. The highest BCUT2D eigenvalue weighted by atomic mass is 19.1. The molecule has 0 atom stereocenters. The highest BCUT2D eigenvalue weighted by molar-refractivity contribution is 5.73. The van der Waals surface area contributed by atoms with Crippen molar-refractivity contribution in [2.24, 2.45) is 4.99 Å². The smallest absolute Gasteiger partial charge is 0.220 e. The molecule has 1 fully saturated rings. The fraction of sp³-hybridized carbons (Fsp3) is 0.357. The second-order valence-corrected chi connectivity index (χ2v) is 4.74. The minimum atomic E-state index is -0.967. The molecule has 1 saturated carbocycles. The molecule has 6 heteroatoms. The maximum atomic E-state index is 13.8. The van der Waals surface area contributed by atoms with Crippen LogP contribution in [0.2, 0.25) is 0 Å². The average Bonchev–Trinajstić information content (AvgIpc) is 2.41. The Kier molecular flexibility index (Phi) is 3.94. The number of anilines is 1. The Morgan fingerprint density at radius 2 is 2.30 bits per heavy atom. The van der Waals surface area contributed by atoms with Gasteiger partial charge in [-0.05, 0) is 39.0 Å². The standard InChI is InChI=1S/C14H17FN4O/c1-3-9(12-10(15)8-18-13(16)19-12)7-11(17-2)14(20)5-4-6-14/h3,7-8,20H,2,4-6H2,1H3,(H2,16,18,19)/b9-3+,11-7-. The largest absolute Gasteiger partial charge is 0.384 e. The molecule has 0 aromatic carbocycles. The van der Waals surface area contributed by atoms with Crippen molar-refractivity contribution in [3.8, 4) is 0 Å². The normalized spacial score (nSPS) is 18.6. The molecular formula is C14H17FN4O. The second-order valence-electron chi connectivity index (χ2n) is 4.74. The first-order valence-electron chi connectivity index (χ1n) is 6.36. The van der Waals surface area contributed by atoms with Gasteiger partial charge >= 0.3 is 0 Å². The number of allylic oxidation sites excluding steroid dienone is 3. The van der Waals surface area contributed by atoms with Crippen LogP contribution in [0.15, 0.2) is 29.0 Å². The zero-order valence-electron chi connectivity index (χ0n) is 11.3. The van der Waals surface area contributed by atoms with Crippen LogP contribution in [0.4, 0.5) is 10.3 Å². The minimum absolute atomic E-state index is 0.00961. The molecular weight excluding hydrogens is 259 g/mol. The van der Waals surface area contributed by atoms with Crippen LogP contribution in [0, 0.1) is 5.82 Å². The Bertz CT molecular complexity index is 591. The van der Waals surface area contributed by atoms with Gasteiger partial charge in [0.1, 0.15) is 11.3 Å². The lowest BCUT2D eigenvalue weighted by atomic mass is 9.77. The first kappa shape index (κ1) is 14.3. The monoisotopic (exact) mass is 276 g/mol. The van der Waals surface area contributed by atoms with Gasteiger partial charge in [0, 0.05) is 5.57 Å². The maximum Gasteiger partial charge on any atom is 0.220 e. The molecule has 0 aliphatic heterocycles. The van der Waals surface area contributed by atoms with Crippen LogP contribution in [-0.2, 0) is 0 Å². The Morgan fingerprint density at radius 3 is 2.80 bits per heavy atom. The summed E-state index contributed by atoms with van der Waals surface area (Å²) in [5.74, 6) is -0.586. The molecule has 1 heterocycles. The SMILES string of the molecule is C=N/C(=C\C(=C/C)c1nc(N)ncc1F)C1(O)CCC1. The topological polar surface area (TPSA) is 84.4 Å². The third-order valence-electron chi connectivity index (χ3n) is 3.47. The van der Waals surface area contributed by atoms with Crippen molar-refractivity contribution in [2.45, 2.75) is 31.8 Å². The highest BCUT2D eigenvalue weighted by Gasteiger charge is 2.38. The highest BCUT2D eigenvalue weighted by Crippen LogP contribution is 2.39. The Hall–Kier alpha value is -2.08. The first-order valence-corrected chi connectivity index (χ1v) is 6.36. The van der Waals surface area contributed by atoms with Crippen LogP contribution in [0.5, 0.6) is 0 Å². The molecule has 5 nitrogen and oxygen atoms in total. The van der Waals surface area contributed by atoms with E-state index in [0.717, 1.165) is 12.6 Å². The lowest BCUT2D eigenvalue weighted by Crippen LogP contribution is -2.38. The molecule has 1 aromatic rings. The lowest BCUT2D eigenvalue weighted by Gasteiger charge is -2.36. The number of hydrogen-bond acceptors (Lipinski definition) is 5. The van der Waals surface area contributed by atoms with Crippen LogP contribution >= 0.6 is 0 Å². The van der Waals surface area contributed by atoms with Crippen LogP contribution < -0.4 is 5.73 Å². The average molecular weight is 276 g/mol. The van der Waals surface area contributed by atoms with Crippen molar-refractivity contribution in [2.75, 3.05) is 5.73 Å². The van der Waals surface area contributed by atoms with Crippen molar-refractivity contribution in [1.82, 2.24) is 9.97 Å². The molecule has 0 spiro atoms. The van der Waals surface area contributed by atoms with Gasteiger partial charge < -0.3 is 10.8 Å². The molecule has 20 heavy (non-hydrogen) atoms. The van der Waals surface area contributed by atoms with Gasteiger partial charge in [-0.15, -0.1) is 0 Å². The van der Waals surface area contributed by atoms with Crippen LogP contribution in [0.25, 0.3) is 5.57 Å². The van der Waals surface area contributed by atoms with E-state index in [1.165, 1.54) is 0 Å². The summed E-state index contributed by atoms with van der Waals surface area (Å²) in [6.07, 6.45) is 6.49. The summed E-state index contributed by atoms with van der Waals surface area (Å²) in [6, 6.07) is 0. The maximum absolute atomic E-state index is 13.8. The number of rotatable bonds is 4. The van der Waals surface area contributed by atoms with Gasteiger partial charge in [0.05, 0.1) is 11.9 Å². The fourth-order valence-electron chi connectivity index (χ4n) is 2.11. The number of halogens is 1. The zero-order valence-corrected chi connectivity index (χ0v) is 11.3. The van der Waals surface area contributed by atoms with E-state index in [-0.39, 0.29) is 11.6 Å². The van der Waals surface area contributed by atoms with Gasteiger partial charge in [0.15, 0.2) is 5.82 Å². The van der Waals surface area contributed by atoms with E-state index < -0.39 is 11.4 Å². The summed E-state index contributed by atoms with van der Waals surface area (Å²) in [4.78, 5) is 11.4. The summed E-state index contributed by atoms with van der Waals surface area (Å²) < 4.78 is 13.8. The van der Waals surface area contributed by atoms with Crippen LogP contribution in [-0.4, -0.2) is 27.4 Å². The molecule has 0 amide bonds. The quantitative estimate of drug-likeness (QED) is 0.651. The predicted octanol–water partition coefficient (Wildman–Crippen LogP) is 2.10.